The van der Waals surface area contributed by atoms with Crippen LogP contribution in [0.2, 0.25) is 0 Å². The maximum atomic E-state index is 15.2. The molecule has 0 radical (unpaired) electrons. The van der Waals surface area contributed by atoms with Crippen molar-refractivity contribution < 1.29 is 27.8 Å². The molecule has 1 fully saturated rings. The first-order valence-electron chi connectivity index (χ1n) is 10.7. The molecule has 4 rings (SSSR count). The van der Waals surface area contributed by atoms with Gasteiger partial charge >= 0.3 is 6.09 Å². The fourth-order valence-electron chi connectivity index (χ4n) is 4.01. The van der Waals surface area contributed by atoms with Crippen molar-refractivity contribution in [2.24, 2.45) is 0 Å². The normalized spacial score (nSPS) is 15.9. The Balaban J connectivity index is 1.77. The van der Waals surface area contributed by atoms with Crippen molar-refractivity contribution in [1.82, 2.24) is 14.3 Å². The van der Waals surface area contributed by atoms with E-state index < -0.39 is 29.7 Å². The Morgan fingerprint density at radius 3 is 2.74 bits per heavy atom. The van der Waals surface area contributed by atoms with E-state index in [9.17, 15) is 9.59 Å². The van der Waals surface area contributed by atoms with Crippen molar-refractivity contribution in [3.63, 3.8) is 0 Å². The fraction of sp³-hybridized carbons (Fsp3) is 0.292. The summed E-state index contributed by atoms with van der Waals surface area (Å²) in [5.41, 5.74) is 1.77. The molecule has 0 aliphatic carbocycles. The number of pyridine rings is 1. The van der Waals surface area contributed by atoms with Gasteiger partial charge in [-0.2, -0.15) is 0 Å². The number of ether oxygens (including phenoxy) is 2. The smallest absolute Gasteiger partial charge is 0.409 e. The number of nitrogens with one attached hydrogen (secondary N) is 1. The monoisotopic (exact) mass is 470 g/mol. The first-order chi connectivity index (χ1) is 16.3. The number of anilines is 1. The average molecular weight is 470 g/mol. The maximum absolute atomic E-state index is 15.2. The van der Waals surface area contributed by atoms with Crippen molar-refractivity contribution >= 4 is 23.3 Å². The second-order valence-corrected chi connectivity index (χ2v) is 7.96. The number of halogens is 2. The Kier molecular flexibility index (Phi) is 6.60. The van der Waals surface area contributed by atoms with E-state index >= 15 is 8.78 Å². The topological polar surface area (TPSA) is 85.2 Å². The van der Waals surface area contributed by atoms with Gasteiger partial charge < -0.3 is 24.1 Å². The van der Waals surface area contributed by atoms with E-state index in [0.29, 0.717) is 24.5 Å². The van der Waals surface area contributed by atoms with E-state index in [-0.39, 0.29) is 29.9 Å². The van der Waals surface area contributed by atoms with Crippen molar-refractivity contribution in [1.29, 1.82) is 0 Å². The molecule has 1 N–H and O–H groups in total. The molecule has 2 aromatic heterocycles. The van der Waals surface area contributed by atoms with Gasteiger partial charge in [0.15, 0.2) is 0 Å². The molecule has 0 unspecified atom stereocenters. The van der Waals surface area contributed by atoms with Crippen LogP contribution >= 0.6 is 0 Å². The number of carbonyl (C=O) groups excluding carboxylic acids is 2. The van der Waals surface area contributed by atoms with Crippen LogP contribution in [0.3, 0.4) is 0 Å². The summed E-state index contributed by atoms with van der Waals surface area (Å²) in [6, 6.07) is 5.75. The number of methoxy groups -OCH3 is 1. The van der Waals surface area contributed by atoms with Gasteiger partial charge in [0, 0.05) is 24.8 Å². The molecule has 2 amide bonds. The van der Waals surface area contributed by atoms with Crippen molar-refractivity contribution in [2.45, 2.75) is 19.4 Å². The molecule has 8 nitrogen and oxygen atoms in total. The largest absolute Gasteiger partial charge is 0.453 e. The van der Waals surface area contributed by atoms with Crippen molar-refractivity contribution in [2.75, 3.05) is 32.1 Å². The molecule has 3 heterocycles. The van der Waals surface area contributed by atoms with E-state index in [0.717, 1.165) is 23.8 Å². The van der Waals surface area contributed by atoms with Gasteiger partial charge in [0.05, 0.1) is 43.3 Å². The minimum absolute atomic E-state index is 0.0332. The Hall–Kier alpha value is -3.79. The summed E-state index contributed by atoms with van der Waals surface area (Å²) in [6.07, 6.45) is 2.16. The number of aryl methyl sites for hydroxylation is 1. The molecule has 1 atom stereocenters. The highest BCUT2D eigenvalue weighted by Crippen LogP contribution is 2.33. The molecular formula is C24H24F2N4O4. The Bertz CT molecular complexity index is 1250. The number of nitrogens with zero attached hydrogens (tertiary/aromatic N) is 3. The van der Waals surface area contributed by atoms with E-state index in [4.69, 9.17) is 9.47 Å². The summed E-state index contributed by atoms with van der Waals surface area (Å²) < 4.78 is 42.7. The fourth-order valence-corrected chi connectivity index (χ4v) is 4.01. The summed E-state index contributed by atoms with van der Waals surface area (Å²) in [5.74, 6) is -2.33. The third-order valence-electron chi connectivity index (χ3n) is 5.61. The molecule has 0 bridgehead atoms. The summed E-state index contributed by atoms with van der Waals surface area (Å²) in [6.45, 7) is 6.19. The van der Waals surface area contributed by atoms with Crippen LogP contribution in [0.5, 0.6) is 0 Å². The second kappa shape index (κ2) is 9.60. The zero-order valence-electron chi connectivity index (χ0n) is 18.8. The maximum Gasteiger partial charge on any atom is 0.409 e. The van der Waals surface area contributed by atoms with Gasteiger partial charge in [-0.25, -0.2) is 18.6 Å². The van der Waals surface area contributed by atoms with Gasteiger partial charge in [-0.15, -0.1) is 0 Å². The lowest BCUT2D eigenvalue weighted by molar-refractivity contribution is -0.111. The highest BCUT2D eigenvalue weighted by Gasteiger charge is 2.29. The van der Waals surface area contributed by atoms with Crippen LogP contribution < -0.4 is 5.32 Å². The lowest BCUT2D eigenvalue weighted by Crippen LogP contribution is -2.46. The van der Waals surface area contributed by atoms with Crippen LogP contribution in [0, 0.1) is 18.6 Å². The van der Waals surface area contributed by atoms with Crippen molar-refractivity contribution in [3.8, 4) is 11.3 Å². The van der Waals surface area contributed by atoms with Gasteiger partial charge in [0.1, 0.15) is 17.3 Å². The van der Waals surface area contributed by atoms with Gasteiger partial charge in [-0.1, -0.05) is 6.58 Å². The standard InChI is InChI=1S/C24H24F2N4O4/c1-4-21(31)27-15-10-17(25)22(18(26)11-15)23-19(30-6-5-14(2)9-20(30)28-23)12-16-13-29(7-8-34-16)24(32)33-3/h4-6,9-11,16H,1,7-8,12-13H2,2-3H3,(H,27,31)/t16-/m0/s1. The minimum Gasteiger partial charge on any atom is -0.453 e. The molecule has 1 aliphatic heterocycles. The number of aromatic nitrogens is 2. The lowest BCUT2D eigenvalue weighted by Gasteiger charge is -2.32. The van der Waals surface area contributed by atoms with Crippen LogP contribution in [0.1, 0.15) is 11.3 Å². The third-order valence-corrected chi connectivity index (χ3v) is 5.61. The van der Waals surface area contributed by atoms with Gasteiger partial charge in [0.25, 0.3) is 0 Å². The average Bonchev–Trinajstić information content (AvgIpc) is 3.14. The first kappa shape index (κ1) is 23.4. The SMILES string of the molecule is C=CC(=O)Nc1cc(F)c(-c2nc3cc(C)ccn3c2C[C@H]2CN(C(=O)OC)CCO2)c(F)c1. The molecule has 0 saturated carbocycles. The predicted octanol–water partition coefficient (Wildman–Crippen LogP) is 3.72. The van der Waals surface area contributed by atoms with E-state index in [2.05, 4.69) is 16.9 Å². The number of hydrogen-bond acceptors (Lipinski definition) is 5. The predicted molar refractivity (Wildman–Crippen MR) is 122 cm³/mol. The Labute approximate surface area is 194 Å². The van der Waals surface area contributed by atoms with Gasteiger partial charge in [-0.05, 0) is 42.8 Å². The molecule has 178 valence electrons. The zero-order chi connectivity index (χ0) is 24.4. The quantitative estimate of drug-likeness (QED) is 0.575. The highest BCUT2D eigenvalue weighted by atomic mass is 19.1. The minimum atomic E-state index is -0.874. The summed E-state index contributed by atoms with van der Waals surface area (Å²) in [5, 5.41) is 2.36. The van der Waals surface area contributed by atoms with Crippen LogP contribution in [-0.4, -0.2) is 59.2 Å². The van der Waals surface area contributed by atoms with Crippen LogP contribution in [-0.2, 0) is 20.7 Å². The number of hydrogen-bond donors (Lipinski definition) is 1. The molecule has 1 saturated heterocycles. The molecule has 0 spiro atoms. The zero-order valence-corrected chi connectivity index (χ0v) is 18.8. The van der Waals surface area contributed by atoms with E-state index in [1.54, 1.807) is 10.6 Å². The molecule has 34 heavy (non-hydrogen) atoms. The number of carbonyl (C=O) groups is 2. The molecule has 1 aromatic carbocycles. The van der Waals surface area contributed by atoms with Crippen LogP contribution in [0.15, 0.2) is 43.1 Å². The van der Waals surface area contributed by atoms with E-state index in [1.165, 1.54) is 12.0 Å². The molecular weight excluding hydrogens is 446 g/mol. The second-order valence-electron chi connectivity index (χ2n) is 7.96. The molecule has 1 aliphatic rings. The summed E-state index contributed by atoms with van der Waals surface area (Å²) in [4.78, 5) is 29.6. The number of benzene rings is 1. The van der Waals surface area contributed by atoms with Crippen LogP contribution in [0.25, 0.3) is 16.9 Å². The van der Waals surface area contributed by atoms with Gasteiger partial charge in [0.2, 0.25) is 5.91 Å². The molecule has 3 aromatic rings. The molecule has 10 heteroatoms. The lowest BCUT2D eigenvalue weighted by atomic mass is 10.0. The number of imidazole rings is 1. The van der Waals surface area contributed by atoms with E-state index in [1.807, 2.05) is 19.1 Å². The third kappa shape index (κ3) is 4.62. The summed E-state index contributed by atoms with van der Waals surface area (Å²) in [7, 11) is 1.31. The summed E-state index contributed by atoms with van der Waals surface area (Å²) >= 11 is 0. The Morgan fingerprint density at radius 2 is 2.06 bits per heavy atom. The first-order valence-corrected chi connectivity index (χ1v) is 10.7. The number of morpholine rings is 1. The number of fused-ring (bicyclic) bond motifs is 1. The van der Waals surface area contributed by atoms with Crippen LogP contribution in [0.4, 0.5) is 19.3 Å². The Morgan fingerprint density at radius 1 is 1.32 bits per heavy atom. The van der Waals surface area contributed by atoms with Crippen molar-refractivity contribution in [3.05, 3.63) is 66.0 Å². The number of rotatable bonds is 5. The number of amides is 2. The highest BCUT2D eigenvalue weighted by molar-refractivity contribution is 5.99. The van der Waals surface area contributed by atoms with Gasteiger partial charge in [-0.3, -0.25) is 4.79 Å².